The van der Waals surface area contributed by atoms with E-state index < -0.39 is 5.91 Å². The van der Waals surface area contributed by atoms with Crippen LogP contribution in [-0.2, 0) is 16.1 Å². The standard InChI is InChI=1S/C23H26N2O5/c1-15-4-2-3-5-19(15)20-14-30-21-12-17(22(26)24-28)6-7-18(21)13-25(20)23(27)16-8-10-29-11-9-16/h2-7,12,16,20,28H,8-11,13-14H2,1H3,(H,24,26). The van der Waals surface area contributed by atoms with E-state index in [0.29, 0.717) is 31.1 Å². The summed E-state index contributed by atoms with van der Waals surface area (Å²) in [4.78, 5) is 27.3. The van der Waals surface area contributed by atoms with Crippen LogP contribution in [-0.4, -0.2) is 41.7 Å². The van der Waals surface area contributed by atoms with E-state index in [2.05, 4.69) is 0 Å². The molecule has 0 saturated carbocycles. The van der Waals surface area contributed by atoms with Gasteiger partial charge in [0.1, 0.15) is 12.4 Å². The molecule has 30 heavy (non-hydrogen) atoms. The molecular formula is C23H26N2O5. The molecule has 7 nitrogen and oxygen atoms in total. The van der Waals surface area contributed by atoms with Crippen molar-refractivity contribution in [1.82, 2.24) is 10.4 Å². The molecule has 158 valence electrons. The van der Waals surface area contributed by atoms with Gasteiger partial charge in [0.05, 0.1) is 12.6 Å². The van der Waals surface area contributed by atoms with Crippen LogP contribution in [0.15, 0.2) is 42.5 Å². The van der Waals surface area contributed by atoms with Crippen LogP contribution in [0.5, 0.6) is 5.75 Å². The Balaban J connectivity index is 1.71. The van der Waals surface area contributed by atoms with Gasteiger partial charge in [-0.3, -0.25) is 14.8 Å². The summed E-state index contributed by atoms with van der Waals surface area (Å²) >= 11 is 0. The van der Waals surface area contributed by atoms with Crippen molar-refractivity contribution in [3.8, 4) is 5.75 Å². The third-order valence-corrected chi connectivity index (χ3v) is 5.95. The zero-order chi connectivity index (χ0) is 21.1. The number of amides is 2. The fourth-order valence-corrected chi connectivity index (χ4v) is 4.21. The molecule has 2 heterocycles. The van der Waals surface area contributed by atoms with E-state index in [1.165, 1.54) is 0 Å². The number of benzene rings is 2. The summed E-state index contributed by atoms with van der Waals surface area (Å²) in [6.07, 6.45) is 1.44. The second-order valence-corrected chi connectivity index (χ2v) is 7.80. The third kappa shape index (κ3) is 4.04. The predicted molar refractivity (Wildman–Crippen MR) is 109 cm³/mol. The minimum atomic E-state index is -0.601. The van der Waals surface area contributed by atoms with Crippen molar-refractivity contribution in [2.24, 2.45) is 5.92 Å². The van der Waals surface area contributed by atoms with Gasteiger partial charge >= 0.3 is 0 Å². The topological polar surface area (TPSA) is 88.1 Å². The lowest BCUT2D eigenvalue weighted by atomic mass is 9.94. The van der Waals surface area contributed by atoms with E-state index in [9.17, 15) is 9.59 Å². The van der Waals surface area contributed by atoms with E-state index in [1.807, 2.05) is 36.1 Å². The molecule has 2 aliphatic rings. The van der Waals surface area contributed by atoms with Crippen LogP contribution in [0.2, 0.25) is 0 Å². The first-order chi connectivity index (χ1) is 14.6. The predicted octanol–water partition coefficient (Wildman–Crippen LogP) is 3.00. The zero-order valence-corrected chi connectivity index (χ0v) is 17.0. The Morgan fingerprint density at radius 2 is 1.90 bits per heavy atom. The molecule has 2 aromatic rings. The van der Waals surface area contributed by atoms with Gasteiger partial charge < -0.3 is 14.4 Å². The number of nitrogens with one attached hydrogen (secondary N) is 1. The monoisotopic (exact) mass is 410 g/mol. The van der Waals surface area contributed by atoms with Gasteiger partial charge in [0, 0.05) is 30.3 Å². The molecule has 2 aromatic carbocycles. The Kier molecular flexibility index (Phi) is 6.01. The Labute approximate surface area is 175 Å². The number of hydrogen-bond acceptors (Lipinski definition) is 5. The molecule has 1 unspecified atom stereocenters. The Morgan fingerprint density at radius 3 is 2.63 bits per heavy atom. The van der Waals surface area contributed by atoms with E-state index in [4.69, 9.17) is 14.7 Å². The summed E-state index contributed by atoms with van der Waals surface area (Å²) in [5, 5.41) is 8.92. The first kappa shape index (κ1) is 20.4. The highest BCUT2D eigenvalue weighted by atomic mass is 16.5. The van der Waals surface area contributed by atoms with Gasteiger partial charge in [0.2, 0.25) is 5.91 Å². The summed E-state index contributed by atoms with van der Waals surface area (Å²) in [5.74, 6) is -0.000334. The van der Waals surface area contributed by atoms with Crippen LogP contribution in [0.3, 0.4) is 0 Å². The van der Waals surface area contributed by atoms with Crippen molar-refractivity contribution in [3.05, 3.63) is 64.7 Å². The average molecular weight is 410 g/mol. The van der Waals surface area contributed by atoms with Crippen LogP contribution < -0.4 is 10.2 Å². The van der Waals surface area contributed by atoms with Crippen molar-refractivity contribution in [3.63, 3.8) is 0 Å². The van der Waals surface area contributed by atoms with Gasteiger partial charge in [-0.1, -0.05) is 30.3 Å². The number of carbonyl (C=O) groups is 2. The minimum absolute atomic E-state index is 0.0636. The maximum absolute atomic E-state index is 13.5. The van der Waals surface area contributed by atoms with Gasteiger partial charge in [-0.05, 0) is 43.0 Å². The number of aryl methyl sites for hydroxylation is 1. The SMILES string of the molecule is Cc1ccccc1C1COc2cc(C(=O)NO)ccc2CN1C(=O)C1CCOCC1. The highest BCUT2D eigenvalue weighted by Gasteiger charge is 2.35. The Hall–Kier alpha value is -2.90. The summed E-state index contributed by atoms with van der Waals surface area (Å²) in [6.45, 7) is 3.93. The van der Waals surface area contributed by atoms with Gasteiger partial charge in [-0.25, -0.2) is 5.48 Å². The van der Waals surface area contributed by atoms with Gasteiger partial charge in [0.25, 0.3) is 5.91 Å². The summed E-state index contributed by atoms with van der Waals surface area (Å²) in [7, 11) is 0. The molecule has 0 spiro atoms. The molecule has 7 heteroatoms. The van der Waals surface area contributed by atoms with Gasteiger partial charge in [0.15, 0.2) is 0 Å². The second-order valence-electron chi connectivity index (χ2n) is 7.80. The van der Waals surface area contributed by atoms with Crippen molar-refractivity contribution >= 4 is 11.8 Å². The van der Waals surface area contributed by atoms with Gasteiger partial charge in [-0.2, -0.15) is 0 Å². The molecule has 1 saturated heterocycles. The molecule has 2 aliphatic heterocycles. The van der Waals surface area contributed by atoms with Crippen LogP contribution >= 0.6 is 0 Å². The van der Waals surface area contributed by atoms with E-state index >= 15 is 0 Å². The third-order valence-electron chi connectivity index (χ3n) is 5.95. The normalized spacial score (nSPS) is 19.4. The molecule has 0 aliphatic carbocycles. The second kappa shape index (κ2) is 8.85. The van der Waals surface area contributed by atoms with Crippen LogP contribution in [0.25, 0.3) is 0 Å². The lowest BCUT2D eigenvalue weighted by Crippen LogP contribution is -2.41. The maximum Gasteiger partial charge on any atom is 0.274 e. The lowest BCUT2D eigenvalue weighted by molar-refractivity contribution is -0.142. The molecule has 2 amide bonds. The Morgan fingerprint density at radius 1 is 1.13 bits per heavy atom. The van der Waals surface area contributed by atoms with Gasteiger partial charge in [-0.15, -0.1) is 0 Å². The smallest absolute Gasteiger partial charge is 0.274 e. The lowest BCUT2D eigenvalue weighted by Gasteiger charge is -2.34. The number of ether oxygens (including phenoxy) is 2. The minimum Gasteiger partial charge on any atom is -0.491 e. The fourth-order valence-electron chi connectivity index (χ4n) is 4.21. The Bertz CT molecular complexity index is 939. The summed E-state index contributed by atoms with van der Waals surface area (Å²) < 4.78 is 11.5. The first-order valence-corrected chi connectivity index (χ1v) is 10.2. The molecule has 1 atom stereocenters. The zero-order valence-electron chi connectivity index (χ0n) is 17.0. The number of hydrogen-bond donors (Lipinski definition) is 2. The van der Waals surface area contributed by atoms with Crippen molar-refractivity contribution in [1.29, 1.82) is 0 Å². The van der Waals surface area contributed by atoms with E-state index in [-0.39, 0.29) is 24.5 Å². The first-order valence-electron chi connectivity index (χ1n) is 10.2. The highest BCUT2D eigenvalue weighted by Crippen LogP contribution is 2.35. The number of fused-ring (bicyclic) bond motifs is 1. The molecule has 2 N–H and O–H groups in total. The molecular weight excluding hydrogens is 384 g/mol. The van der Waals surface area contributed by atoms with Crippen molar-refractivity contribution in [2.45, 2.75) is 32.4 Å². The van der Waals surface area contributed by atoms with Crippen molar-refractivity contribution < 1.29 is 24.3 Å². The highest BCUT2D eigenvalue weighted by molar-refractivity contribution is 5.93. The average Bonchev–Trinajstić information content (AvgIpc) is 2.98. The fraction of sp³-hybridized carbons (Fsp3) is 0.391. The number of nitrogens with zero attached hydrogens (tertiary/aromatic N) is 1. The maximum atomic E-state index is 13.5. The number of carbonyl (C=O) groups excluding carboxylic acids is 2. The number of rotatable bonds is 3. The van der Waals surface area contributed by atoms with E-state index in [0.717, 1.165) is 29.5 Å². The summed E-state index contributed by atoms with van der Waals surface area (Å²) in [5.41, 5.74) is 4.93. The molecule has 1 fully saturated rings. The van der Waals surface area contributed by atoms with Crippen molar-refractivity contribution in [2.75, 3.05) is 19.8 Å². The van der Waals surface area contributed by atoms with Crippen LogP contribution in [0.4, 0.5) is 0 Å². The van der Waals surface area contributed by atoms with Crippen LogP contribution in [0, 0.1) is 12.8 Å². The number of hydroxylamine groups is 1. The molecule has 4 rings (SSSR count). The summed E-state index contributed by atoms with van der Waals surface area (Å²) in [6, 6.07) is 12.8. The molecule has 0 bridgehead atoms. The largest absolute Gasteiger partial charge is 0.491 e. The molecule has 0 aromatic heterocycles. The molecule has 0 radical (unpaired) electrons. The van der Waals surface area contributed by atoms with E-state index in [1.54, 1.807) is 23.7 Å². The quantitative estimate of drug-likeness (QED) is 0.600. The van der Waals surface area contributed by atoms with Crippen LogP contribution in [0.1, 0.15) is 45.9 Å².